The Balaban J connectivity index is 1.66. The van der Waals surface area contributed by atoms with Gasteiger partial charge >= 0.3 is 0 Å². The van der Waals surface area contributed by atoms with E-state index in [1.54, 1.807) is 29.7 Å². The van der Waals surface area contributed by atoms with Gasteiger partial charge in [0, 0.05) is 18.0 Å². The van der Waals surface area contributed by atoms with Gasteiger partial charge in [0.1, 0.15) is 11.9 Å². The van der Waals surface area contributed by atoms with Crippen LogP contribution in [0, 0.1) is 0 Å². The SMILES string of the molecule is OC(CNCCc1ccc(Br)s1)c1ccco1. The first kappa shape index (κ1) is 12.8. The van der Waals surface area contributed by atoms with Gasteiger partial charge in [-0.1, -0.05) is 0 Å². The van der Waals surface area contributed by atoms with E-state index in [0.29, 0.717) is 12.3 Å². The molecule has 2 rings (SSSR count). The second-order valence-corrected chi connectivity index (χ2v) is 6.24. The number of rotatable bonds is 6. The number of furan rings is 1. The first-order valence-electron chi connectivity index (χ1n) is 5.42. The van der Waals surface area contributed by atoms with Crippen molar-refractivity contribution in [1.82, 2.24) is 5.32 Å². The predicted molar refractivity (Wildman–Crippen MR) is 72.3 cm³/mol. The van der Waals surface area contributed by atoms with Crippen LogP contribution in [-0.2, 0) is 6.42 Å². The number of nitrogens with one attached hydrogen (secondary N) is 1. The van der Waals surface area contributed by atoms with Crippen molar-refractivity contribution in [2.45, 2.75) is 12.5 Å². The van der Waals surface area contributed by atoms with E-state index in [1.807, 2.05) is 0 Å². The zero-order chi connectivity index (χ0) is 12.1. The van der Waals surface area contributed by atoms with Crippen LogP contribution in [0.1, 0.15) is 16.7 Å². The molecule has 92 valence electrons. The highest BCUT2D eigenvalue weighted by Crippen LogP contribution is 2.22. The van der Waals surface area contributed by atoms with Crippen LogP contribution >= 0.6 is 27.3 Å². The molecule has 0 aliphatic heterocycles. The number of aliphatic hydroxyl groups is 1. The molecule has 0 aliphatic rings. The molecule has 5 heteroatoms. The highest BCUT2D eigenvalue weighted by atomic mass is 79.9. The fourth-order valence-corrected chi connectivity index (χ4v) is 3.00. The van der Waals surface area contributed by atoms with Gasteiger partial charge in [0.15, 0.2) is 0 Å². The van der Waals surface area contributed by atoms with Crippen molar-refractivity contribution < 1.29 is 9.52 Å². The Bertz CT molecular complexity index is 441. The van der Waals surface area contributed by atoms with E-state index in [2.05, 4.69) is 33.4 Å². The molecule has 0 saturated carbocycles. The summed E-state index contributed by atoms with van der Waals surface area (Å²) in [5.74, 6) is 0.608. The average Bonchev–Trinajstić information content (AvgIpc) is 2.95. The molecule has 0 spiro atoms. The Morgan fingerprint density at radius 2 is 2.29 bits per heavy atom. The lowest BCUT2D eigenvalue weighted by atomic mass is 10.2. The maximum Gasteiger partial charge on any atom is 0.133 e. The van der Waals surface area contributed by atoms with E-state index >= 15 is 0 Å². The molecule has 2 heterocycles. The Kier molecular flexibility index (Phi) is 4.79. The van der Waals surface area contributed by atoms with Gasteiger partial charge in [0.05, 0.1) is 10.0 Å². The Morgan fingerprint density at radius 1 is 1.41 bits per heavy atom. The zero-order valence-corrected chi connectivity index (χ0v) is 11.6. The van der Waals surface area contributed by atoms with E-state index in [-0.39, 0.29) is 0 Å². The van der Waals surface area contributed by atoms with Crippen molar-refractivity contribution in [3.63, 3.8) is 0 Å². The molecule has 0 aromatic carbocycles. The smallest absolute Gasteiger partial charge is 0.133 e. The minimum Gasteiger partial charge on any atom is -0.467 e. The summed E-state index contributed by atoms with van der Waals surface area (Å²) in [6.45, 7) is 1.37. The highest BCUT2D eigenvalue weighted by Gasteiger charge is 2.09. The molecule has 1 atom stereocenters. The number of halogens is 1. The van der Waals surface area contributed by atoms with E-state index in [9.17, 15) is 5.11 Å². The van der Waals surface area contributed by atoms with Gasteiger partial charge in [0.2, 0.25) is 0 Å². The Morgan fingerprint density at radius 3 is 2.94 bits per heavy atom. The average molecular weight is 316 g/mol. The molecule has 0 aliphatic carbocycles. The molecule has 2 aromatic heterocycles. The van der Waals surface area contributed by atoms with Crippen LogP contribution in [0.15, 0.2) is 38.7 Å². The zero-order valence-electron chi connectivity index (χ0n) is 9.23. The molecular weight excluding hydrogens is 302 g/mol. The van der Waals surface area contributed by atoms with Crippen molar-refractivity contribution in [3.8, 4) is 0 Å². The summed E-state index contributed by atoms with van der Waals surface area (Å²) in [5, 5.41) is 13.0. The van der Waals surface area contributed by atoms with Crippen LogP contribution < -0.4 is 5.32 Å². The molecule has 2 aromatic rings. The lowest BCUT2D eigenvalue weighted by molar-refractivity contribution is 0.148. The van der Waals surface area contributed by atoms with Gasteiger partial charge in [-0.3, -0.25) is 0 Å². The lowest BCUT2D eigenvalue weighted by Gasteiger charge is -2.08. The molecule has 1 unspecified atom stereocenters. The summed E-state index contributed by atoms with van der Waals surface area (Å²) in [6.07, 6.45) is 1.98. The van der Waals surface area contributed by atoms with Crippen LogP contribution in [0.4, 0.5) is 0 Å². The van der Waals surface area contributed by atoms with E-state index < -0.39 is 6.10 Å². The minimum absolute atomic E-state index is 0.514. The predicted octanol–water partition coefficient (Wildman–Crippen LogP) is 2.97. The number of hydrogen-bond acceptors (Lipinski definition) is 4. The van der Waals surface area contributed by atoms with Crippen molar-refractivity contribution in [3.05, 3.63) is 45.0 Å². The second-order valence-electron chi connectivity index (χ2n) is 3.69. The van der Waals surface area contributed by atoms with Crippen molar-refractivity contribution >= 4 is 27.3 Å². The normalized spacial score (nSPS) is 12.8. The third kappa shape index (κ3) is 3.96. The largest absolute Gasteiger partial charge is 0.467 e. The molecule has 17 heavy (non-hydrogen) atoms. The third-order valence-electron chi connectivity index (χ3n) is 2.39. The van der Waals surface area contributed by atoms with Gasteiger partial charge in [0.25, 0.3) is 0 Å². The fourth-order valence-electron chi connectivity index (χ4n) is 1.52. The highest BCUT2D eigenvalue weighted by molar-refractivity contribution is 9.11. The third-order valence-corrected chi connectivity index (χ3v) is 4.07. The lowest BCUT2D eigenvalue weighted by Crippen LogP contribution is -2.23. The number of aliphatic hydroxyl groups excluding tert-OH is 1. The van der Waals surface area contributed by atoms with Gasteiger partial charge < -0.3 is 14.8 Å². The Labute approximate surface area is 113 Å². The van der Waals surface area contributed by atoms with Crippen LogP contribution in [0.5, 0.6) is 0 Å². The van der Waals surface area contributed by atoms with Gasteiger partial charge in [-0.2, -0.15) is 0 Å². The summed E-state index contributed by atoms with van der Waals surface area (Å²) in [7, 11) is 0. The van der Waals surface area contributed by atoms with E-state index in [1.165, 1.54) is 4.88 Å². The summed E-state index contributed by atoms with van der Waals surface area (Å²) < 4.78 is 6.28. The second kappa shape index (κ2) is 6.35. The fraction of sp³-hybridized carbons (Fsp3) is 0.333. The van der Waals surface area contributed by atoms with E-state index in [0.717, 1.165) is 16.8 Å². The first-order valence-corrected chi connectivity index (χ1v) is 7.03. The molecule has 0 radical (unpaired) electrons. The van der Waals surface area contributed by atoms with Crippen molar-refractivity contribution in [2.75, 3.05) is 13.1 Å². The van der Waals surface area contributed by atoms with Crippen LogP contribution in [0.2, 0.25) is 0 Å². The van der Waals surface area contributed by atoms with Crippen LogP contribution in [0.3, 0.4) is 0 Å². The van der Waals surface area contributed by atoms with E-state index in [4.69, 9.17) is 4.42 Å². The summed E-state index contributed by atoms with van der Waals surface area (Å²) >= 11 is 5.18. The summed E-state index contributed by atoms with van der Waals surface area (Å²) in [6, 6.07) is 7.72. The standard InChI is InChI=1S/C12H14BrNO2S/c13-12-4-3-9(17-12)5-6-14-8-10(15)11-2-1-7-16-11/h1-4,7,10,14-15H,5-6,8H2. The first-order chi connectivity index (χ1) is 8.25. The Hall–Kier alpha value is -0.620. The topological polar surface area (TPSA) is 45.4 Å². The number of hydrogen-bond donors (Lipinski definition) is 2. The molecule has 0 saturated heterocycles. The molecule has 0 amide bonds. The van der Waals surface area contributed by atoms with Crippen molar-refractivity contribution in [1.29, 1.82) is 0 Å². The quantitative estimate of drug-likeness (QED) is 0.806. The minimum atomic E-state index is -0.569. The maximum absolute atomic E-state index is 9.75. The van der Waals surface area contributed by atoms with Crippen LogP contribution in [0.25, 0.3) is 0 Å². The molecule has 3 nitrogen and oxygen atoms in total. The number of thiophene rings is 1. The maximum atomic E-state index is 9.75. The van der Waals surface area contributed by atoms with Gasteiger partial charge in [-0.25, -0.2) is 0 Å². The molecule has 0 bridgehead atoms. The molecular formula is C12H14BrNO2S. The van der Waals surface area contributed by atoms with Gasteiger partial charge in [-0.05, 0) is 46.6 Å². The monoisotopic (exact) mass is 315 g/mol. The molecule has 0 fully saturated rings. The van der Waals surface area contributed by atoms with Gasteiger partial charge in [-0.15, -0.1) is 11.3 Å². The molecule has 2 N–H and O–H groups in total. The van der Waals surface area contributed by atoms with Crippen molar-refractivity contribution in [2.24, 2.45) is 0 Å². The summed E-state index contributed by atoms with van der Waals surface area (Å²) in [4.78, 5) is 1.33. The summed E-state index contributed by atoms with van der Waals surface area (Å²) in [5.41, 5.74) is 0. The van der Waals surface area contributed by atoms with Crippen LogP contribution in [-0.4, -0.2) is 18.2 Å².